The number of benzene rings is 1. The first kappa shape index (κ1) is 16.5. The van der Waals surface area contributed by atoms with E-state index in [1.807, 2.05) is 0 Å². The number of aryl methyl sites for hydroxylation is 1. The van der Waals surface area contributed by atoms with Gasteiger partial charge in [0.15, 0.2) is 0 Å². The predicted molar refractivity (Wildman–Crippen MR) is 80.9 cm³/mol. The van der Waals surface area contributed by atoms with Crippen LogP contribution in [0.25, 0.3) is 0 Å². The zero-order valence-electron chi connectivity index (χ0n) is 12.6. The molecule has 0 aromatic heterocycles. The third kappa shape index (κ3) is 5.12. The highest BCUT2D eigenvalue weighted by atomic mass is 35.5. The molecule has 0 saturated carbocycles. The van der Waals surface area contributed by atoms with Gasteiger partial charge in [-0.15, -0.1) is 0 Å². The first-order valence-corrected chi connectivity index (χ1v) is 7.19. The van der Waals surface area contributed by atoms with Crippen LogP contribution in [-0.2, 0) is 0 Å². The molecule has 0 spiro atoms. The van der Waals surface area contributed by atoms with Gasteiger partial charge in [0.05, 0.1) is 0 Å². The van der Waals surface area contributed by atoms with E-state index < -0.39 is 0 Å². The van der Waals surface area contributed by atoms with E-state index in [0.717, 1.165) is 18.4 Å². The molecule has 2 unspecified atom stereocenters. The van der Waals surface area contributed by atoms with Crippen molar-refractivity contribution in [2.75, 3.05) is 0 Å². The van der Waals surface area contributed by atoms with E-state index in [9.17, 15) is 4.39 Å². The van der Waals surface area contributed by atoms with Gasteiger partial charge in [0, 0.05) is 11.1 Å². The maximum Gasteiger partial charge on any atom is 0.127 e. The molecule has 0 aliphatic rings. The third-order valence-corrected chi connectivity index (χ3v) is 3.62. The quantitative estimate of drug-likeness (QED) is 0.803. The Balaban J connectivity index is 2.78. The summed E-state index contributed by atoms with van der Waals surface area (Å²) in [7, 11) is 0. The lowest BCUT2D eigenvalue weighted by atomic mass is 9.82. The Labute approximate surface area is 121 Å². The maximum atomic E-state index is 13.4. The molecule has 1 aromatic carbocycles. The summed E-state index contributed by atoms with van der Waals surface area (Å²) in [5.41, 5.74) is 7.97. The molecule has 0 fully saturated rings. The summed E-state index contributed by atoms with van der Waals surface area (Å²) in [5, 5.41) is 0.429. The van der Waals surface area contributed by atoms with Crippen LogP contribution in [0.4, 0.5) is 4.39 Å². The average molecular weight is 286 g/mol. The predicted octanol–water partition coefficient (Wildman–Crippen LogP) is 5.25. The fourth-order valence-corrected chi connectivity index (χ4v) is 2.94. The summed E-state index contributed by atoms with van der Waals surface area (Å²) < 4.78 is 13.4. The molecule has 0 aliphatic heterocycles. The molecule has 3 heteroatoms. The highest BCUT2D eigenvalue weighted by molar-refractivity contribution is 6.31. The van der Waals surface area contributed by atoms with E-state index in [-0.39, 0.29) is 11.9 Å². The van der Waals surface area contributed by atoms with Crippen molar-refractivity contribution >= 4 is 11.6 Å². The first-order chi connectivity index (χ1) is 8.60. The third-order valence-electron chi connectivity index (χ3n) is 3.29. The molecule has 0 radical (unpaired) electrons. The van der Waals surface area contributed by atoms with Gasteiger partial charge in [0.25, 0.3) is 0 Å². The van der Waals surface area contributed by atoms with Gasteiger partial charge in [0.1, 0.15) is 5.82 Å². The number of nitrogens with two attached hydrogens (primary N) is 1. The van der Waals surface area contributed by atoms with Gasteiger partial charge < -0.3 is 5.73 Å². The summed E-state index contributed by atoms with van der Waals surface area (Å²) in [4.78, 5) is 0. The first-order valence-electron chi connectivity index (χ1n) is 6.81. The highest BCUT2D eigenvalue weighted by Crippen LogP contribution is 2.32. The van der Waals surface area contributed by atoms with Crippen LogP contribution >= 0.6 is 11.6 Å². The zero-order chi connectivity index (χ0) is 14.8. The number of hydrogen-bond donors (Lipinski definition) is 1. The van der Waals surface area contributed by atoms with E-state index in [4.69, 9.17) is 17.3 Å². The van der Waals surface area contributed by atoms with Crippen molar-refractivity contribution in [1.82, 2.24) is 0 Å². The summed E-state index contributed by atoms with van der Waals surface area (Å²) >= 11 is 6.09. The van der Waals surface area contributed by atoms with Gasteiger partial charge in [0.2, 0.25) is 0 Å². The Morgan fingerprint density at radius 2 is 1.89 bits per heavy atom. The SMILES string of the molecule is Cc1cc(C(N)CC(C)CC(C)(C)C)c(Cl)cc1F. The minimum atomic E-state index is -0.274. The molecule has 1 nitrogen and oxygen atoms in total. The van der Waals surface area contributed by atoms with Crippen LogP contribution in [0.15, 0.2) is 12.1 Å². The second-order valence-electron chi connectivity index (χ2n) is 6.84. The second-order valence-corrected chi connectivity index (χ2v) is 7.24. The Hall–Kier alpha value is -0.600. The largest absolute Gasteiger partial charge is 0.324 e. The summed E-state index contributed by atoms with van der Waals surface area (Å²) in [5.74, 6) is 0.236. The van der Waals surface area contributed by atoms with Crippen LogP contribution in [-0.4, -0.2) is 0 Å². The summed E-state index contributed by atoms with van der Waals surface area (Å²) in [6, 6.07) is 3.00. The molecule has 1 rings (SSSR count). The van der Waals surface area contributed by atoms with Gasteiger partial charge in [-0.05, 0) is 48.3 Å². The van der Waals surface area contributed by atoms with Crippen molar-refractivity contribution in [1.29, 1.82) is 0 Å². The summed E-state index contributed by atoms with van der Waals surface area (Å²) in [6.07, 6.45) is 1.97. The van der Waals surface area contributed by atoms with Gasteiger partial charge in [-0.2, -0.15) is 0 Å². The molecular formula is C16H25ClFN. The molecule has 1 aromatic rings. The Bertz CT molecular complexity index is 437. The topological polar surface area (TPSA) is 26.0 Å². The lowest BCUT2D eigenvalue weighted by molar-refractivity contribution is 0.286. The molecule has 108 valence electrons. The van der Waals surface area contributed by atoms with E-state index >= 15 is 0 Å². The smallest absolute Gasteiger partial charge is 0.127 e. The van der Waals surface area contributed by atoms with E-state index in [0.29, 0.717) is 21.9 Å². The van der Waals surface area contributed by atoms with Crippen molar-refractivity contribution < 1.29 is 4.39 Å². The normalized spacial score (nSPS) is 15.4. The molecule has 0 aliphatic carbocycles. The van der Waals surface area contributed by atoms with Gasteiger partial charge >= 0.3 is 0 Å². The van der Waals surface area contributed by atoms with E-state index in [1.54, 1.807) is 13.0 Å². The molecule has 2 atom stereocenters. The fraction of sp³-hybridized carbons (Fsp3) is 0.625. The zero-order valence-corrected chi connectivity index (χ0v) is 13.3. The van der Waals surface area contributed by atoms with Gasteiger partial charge in [-0.3, -0.25) is 0 Å². The van der Waals surface area contributed by atoms with Crippen molar-refractivity contribution in [2.24, 2.45) is 17.1 Å². The monoisotopic (exact) mass is 285 g/mol. The van der Waals surface area contributed by atoms with Crippen LogP contribution < -0.4 is 5.73 Å². The lowest BCUT2D eigenvalue weighted by Gasteiger charge is -2.25. The van der Waals surface area contributed by atoms with Crippen LogP contribution in [0.3, 0.4) is 0 Å². The number of rotatable bonds is 4. The van der Waals surface area contributed by atoms with Crippen LogP contribution in [0.2, 0.25) is 5.02 Å². The summed E-state index contributed by atoms with van der Waals surface area (Å²) in [6.45, 7) is 10.6. The highest BCUT2D eigenvalue weighted by Gasteiger charge is 2.20. The van der Waals surface area contributed by atoms with Crippen molar-refractivity contribution in [2.45, 2.75) is 53.5 Å². The van der Waals surface area contributed by atoms with Gasteiger partial charge in [-0.1, -0.05) is 45.4 Å². The van der Waals surface area contributed by atoms with Crippen molar-refractivity contribution in [3.05, 3.63) is 34.1 Å². The standard InChI is InChI=1S/C16H25ClFN/c1-10(9-16(3,4)5)6-15(19)12-7-11(2)14(18)8-13(12)17/h7-8,10,15H,6,9,19H2,1-5H3. The van der Waals surface area contributed by atoms with Crippen LogP contribution in [0, 0.1) is 24.1 Å². The Morgan fingerprint density at radius 3 is 2.42 bits per heavy atom. The molecule has 0 saturated heterocycles. The maximum absolute atomic E-state index is 13.4. The molecule has 0 bridgehead atoms. The van der Waals surface area contributed by atoms with Crippen molar-refractivity contribution in [3.63, 3.8) is 0 Å². The minimum Gasteiger partial charge on any atom is -0.324 e. The van der Waals surface area contributed by atoms with E-state index in [2.05, 4.69) is 27.7 Å². The Kier molecular flexibility index (Phi) is 5.40. The molecule has 2 N–H and O–H groups in total. The fourth-order valence-electron chi connectivity index (χ4n) is 2.65. The molecule has 0 amide bonds. The number of halogens is 2. The Morgan fingerprint density at radius 1 is 1.32 bits per heavy atom. The van der Waals surface area contributed by atoms with Crippen LogP contribution in [0.5, 0.6) is 0 Å². The van der Waals surface area contributed by atoms with Crippen molar-refractivity contribution in [3.8, 4) is 0 Å². The van der Waals surface area contributed by atoms with Crippen LogP contribution in [0.1, 0.15) is 57.7 Å². The van der Waals surface area contributed by atoms with E-state index in [1.165, 1.54) is 6.07 Å². The second kappa shape index (κ2) is 6.23. The molecule has 19 heavy (non-hydrogen) atoms. The number of hydrogen-bond acceptors (Lipinski definition) is 1. The average Bonchev–Trinajstić information content (AvgIpc) is 2.20. The van der Waals surface area contributed by atoms with Gasteiger partial charge in [-0.25, -0.2) is 4.39 Å². The molecular weight excluding hydrogens is 261 g/mol. The molecule has 0 heterocycles. The minimum absolute atomic E-state index is 0.135. The lowest BCUT2D eigenvalue weighted by Crippen LogP contribution is -2.18.